The summed E-state index contributed by atoms with van der Waals surface area (Å²) in [6, 6.07) is 1.49. The van der Waals surface area contributed by atoms with E-state index in [0.29, 0.717) is 0 Å². The van der Waals surface area contributed by atoms with Crippen molar-refractivity contribution in [1.82, 2.24) is 10.2 Å². The molecule has 2 fully saturated rings. The standard InChI is InChI=1S/C15H30N2S/c1-4-14-9-16-13(8-12(2)3)10-17(14)11-15-6-5-7-18-15/h12-16H,4-11H2,1-3H3. The first kappa shape index (κ1) is 14.7. The van der Waals surface area contributed by atoms with Gasteiger partial charge < -0.3 is 5.32 Å². The van der Waals surface area contributed by atoms with Crippen LogP contribution in [0.15, 0.2) is 0 Å². The summed E-state index contributed by atoms with van der Waals surface area (Å²) in [5.41, 5.74) is 0. The summed E-state index contributed by atoms with van der Waals surface area (Å²) >= 11 is 2.20. The van der Waals surface area contributed by atoms with E-state index in [1.54, 1.807) is 0 Å². The van der Waals surface area contributed by atoms with Gasteiger partial charge in [-0.15, -0.1) is 0 Å². The maximum atomic E-state index is 3.76. The lowest BCUT2D eigenvalue weighted by atomic mass is 9.98. The minimum absolute atomic E-state index is 0.721. The smallest absolute Gasteiger partial charge is 0.0219 e. The lowest BCUT2D eigenvalue weighted by Gasteiger charge is -2.41. The highest BCUT2D eigenvalue weighted by atomic mass is 32.2. The number of nitrogens with zero attached hydrogens (tertiary/aromatic N) is 1. The van der Waals surface area contributed by atoms with Crippen LogP contribution in [0, 0.1) is 5.92 Å². The first-order valence-electron chi connectivity index (χ1n) is 7.78. The van der Waals surface area contributed by atoms with Gasteiger partial charge in [-0.3, -0.25) is 4.90 Å². The number of piperazine rings is 1. The second-order valence-electron chi connectivity index (χ2n) is 6.39. The van der Waals surface area contributed by atoms with Gasteiger partial charge in [0.15, 0.2) is 0 Å². The summed E-state index contributed by atoms with van der Waals surface area (Å²) in [6.45, 7) is 10.8. The molecule has 0 radical (unpaired) electrons. The highest BCUT2D eigenvalue weighted by molar-refractivity contribution is 8.00. The van der Waals surface area contributed by atoms with Gasteiger partial charge in [0.1, 0.15) is 0 Å². The molecule has 2 aliphatic heterocycles. The largest absolute Gasteiger partial charge is 0.311 e. The van der Waals surface area contributed by atoms with Gasteiger partial charge in [0, 0.05) is 37.0 Å². The molecule has 3 heteroatoms. The molecule has 0 amide bonds. The lowest BCUT2D eigenvalue weighted by molar-refractivity contribution is 0.119. The van der Waals surface area contributed by atoms with E-state index >= 15 is 0 Å². The van der Waals surface area contributed by atoms with Crippen LogP contribution in [0.2, 0.25) is 0 Å². The zero-order chi connectivity index (χ0) is 13.0. The minimum atomic E-state index is 0.721. The van der Waals surface area contributed by atoms with Gasteiger partial charge in [-0.25, -0.2) is 0 Å². The quantitative estimate of drug-likeness (QED) is 0.827. The van der Waals surface area contributed by atoms with Crippen molar-refractivity contribution in [2.75, 3.05) is 25.4 Å². The van der Waals surface area contributed by atoms with Crippen molar-refractivity contribution in [3.63, 3.8) is 0 Å². The van der Waals surface area contributed by atoms with Gasteiger partial charge in [0.25, 0.3) is 0 Å². The van der Waals surface area contributed by atoms with E-state index in [2.05, 4.69) is 42.7 Å². The second-order valence-corrected chi connectivity index (χ2v) is 7.79. The molecule has 1 N–H and O–H groups in total. The average molecular weight is 270 g/mol. The fourth-order valence-corrected chi connectivity index (χ4v) is 4.63. The van der Waals surface area contributed by atoms with Crippen LogP contribution in [0.25, 0.3) is 0 Å². The van der Waals surface area contributed by atoms with E-state index in [4.69, 9.17) is 0 Å². The van der Waals surface area contributed by atoms with Crippen molar-refractivity contribution in [3.8, 4) is 0 Å². The van der Waals surface area contributed by atoms with E-state index in [1.807, 2.05) is 0 Å². The Kier molecular flexibility index (Phi) is 5.84. The molecular formula is C15H30N2S. The molecule has 3 atom stereocenters. The molecule has 18 heavy (non-hydrogen) atoms. The Labute approximate surface area is 117 Å². The van der Waals surface area contributed by atoms with Crippen molar-refractivity contribution >= 4 is 11.8 Å². The Morgan fingerprint density at radius 1 is 1.39 bits per heavy atom. The van der Waals surface area contributed by atoms with E-state index in [0.717, 1.165) is 23.3 Å². The fourth-order valence-electron chi connectivity index (χ4n) is 3.33. The highest BCUT2D eigenvalue weighted by Crippen LogP contribution is 2.28. The molecule has 2 heterocycles. The molecule has 0 saturated carbocycles. The predicted molar refractivity (Wildman–Crippen MR) is 82.4 cm³/mol. The van der Waals surface area contributed by atoms with Gasteiger partial charge in [-0.1, -0.05) is 20.8 Å². The van der Waals surface area contributed by atoms with Crippen LogP contribution < -0.4 is 5.32 Å². The third-order valence-corrected chi connectivity index (χ3v) is 5.68. The topological polar surface area (TPSA) is 15.3 Å². The molecule has 2 aliphatic rings. The normalized spacial score (nSPS) is 34.3. The van der Waals surface area contributed by atoms with Gasteiger partial charge in [-0.05, 0) is 37.4 Å². The zero-order valence-electron chi connectivity index (χ0n) is 12.3. The van der Waals surface area contributed by atoms with Crippen LogP contribution in [-0.2, 0) is 0 Å². The molecule has 106 valence electrons. The van der Waals surface area contributed by atoms with Crippen molar-refractivity contribution in [2.45, 2.75) is 63.8 Å². The van der Waals surface area contributed by atoms with Crippen molar-refractivity contribution < 1.29 is 0 Å². The Hall–Kier alpha value is 0.270. The predicted octanol–water partition coefficient (Wildman–Crippen LogP) is 2.98. The van der Waals surface area contributed by atoms with Gasteiger partial charge >= 0.3 is 0 Å². The molecule has 2 nitrogen and oxygen atoms in total. The van der Waals surface area contributed by atoms with E-state index in [-0.39, 0.29) is 0 Å². The number of thioether (sulfide) groups is 1. The maximum absolute atomic E-state index is 3.76. The van der Waals surface area contributed by atoms with Crippen LogP contribution in [0.4, 0.5) is 0 Å². The van der Waals surface area contributed by atoms with Crippen LogP contribution in [-0.4, -0.2) is 47.6 Å². The van der Waals surface area contributed by atoms with Crippen molar-refractivity contribution in [1.29, 1.82) is 0 Å². The molecule has 3 unspecified atom stereocenters. The lowest BCUT2D eigenvalue weighted by Crippen LogP contribution is -2.57. The molecular weight excluding hydrogens is 240 g/mol. The number of hydrogen-bond donors (Lipinski definition) is 1. The van der Waals surface area contributed by atoms with Gasteiger partial charge in [0.05, 0.1) is 0 Å². The summed E-state index contributed by atoms with van der Waals surface area (Å²) in [6.07, 6.45) is 5.50. The first-order chi connectivity index (χ1) is 8.69. The van der Waals surface area contributed by atoms with Crippen LogP contribution in [0.3, 0.4) is 0 Å². The van der Waals surface area contributed by atoms with Crippen molar-refractivity contribution in [2.24, 2.45) is 5.92 Å². The van der Waals surface area contributed by atoms with Crippen LogP contribution in [0.5, 0.6) is 0 Å². The molecule has 0 aromatic carbocycles. The van der Waals surface area contributed by atoms with E-state index in [1.165, 1.54) is 51.1 Å². The van der Waals surface area contributed by atoms with Crippen molar-refractivity contribution in [3.05, 3.63) is 0 Å². The monoisotopic (exact) mass is 270 g/mol. The van der Waals surface area contributed by atoms with E-state index in [9.17, 15) is 0 Å². The number of nitrogens with one attached hydrogen (secondary N) is 1. The summed E-state index contributed by atoms with van der Waals surface area (Å²) in [4.78, 5) is 2.78. The Morgan fingerprint density at radius 2 is 2.22 bits per heavy atom. The molecule has 2 saturated heterocycles. The minimum Gasteiger partial charge on any atom is -0.311 e. The molecule has 0 bridgehead atoms. The number of hydrogen-bond acceptors (Lipinski definition) is 3. The zero-order valence-corrected chi connectivity index (χ0v) is 13.1. The number of rotatable bonds is 5. The molecule has 0 aromatic rings. The highest BCUT2D eigenvalue weighted by Gasteiger charge is 2.29. The maximum Gasteiger partial charge on any atom is 0.0219 e. The Balaban J connectivity index is 1.85. The summed E-state index contributed by atoms with van der Waals surface area (Å²) < 4.78 is 0. The summed E-state index contributed by atoms with van der Waals surface area (Å²) in [5, 5.41) is 4.67. The molecule has 0 aromatic heterocycles. The summed E-state index contributed by atoms with van der Waals surface area (Å²) in [5.74, 6) is 2.20. The molecule has 0 aliphatic carbocycles. The Bertz CT molecular complexity index is 239. The van der Waals surface area contributed by atoms with Gasteiger partial charge in [-0.2, -0.15) is 11.8 Å². The Morgan fingerprint density at radius 3 is 2.83 bits per heavy atom. The third kappa shape index (κ3) is 4.14. The second kappa shape index (κ2) is 7.16. The molecule has 2 rings (SSSR count). The fraction of sp³-hybridized carbons (Fsp3) is 1.00. The average Bonchev–Trinajstić information content (AvgIpc) is 2.81. The third-order valence-electron chi connectivity index (χ3n) is 4.30. The van der Waals surface area contributed by atoms with Crippen LogP contribution >= 0.6 is 11.8 Å². The van der Waals surface area contributed by atoms with Gasteiger partial charge in [0.2, 0.25) is 0 Å². The van der Waals surface area contributed by atoms with E-state index < -0.39 is 0 Å². The first-order valence-corrected chi connectivity index (χ1v) is 8.83. The van der Waals surface area contributed by atoms with Crippen LogP contribution in [0.1, 0.15) is 46.5 Å². The molecule has 0 spiro atoms. The SMILES string of the molecule is CCC1CNC(CC(C)C)CN1CC1CCCS1. The summed E-state index contributed by atoms with van der Waals surface area (Å²) in [7, 11) is 0.